The molecule has 13 aromatic rings. The molecule has 0 unspecified atom stereocenters. The summed E-state index contributed by atoms with van der Waals surface area (Å²) < 4.78 is 6.58. The second kappa shape index (κ2) is 17.8. The Hall–Kier alpha value is -9.65. The van der Waals surface area contributed by atoms with Crippen LogP contribution < -0.4 is 0 Å². The minimum absolute atomic E-state index is 0.563. The van der Waals surface area contributed by atoms with Crippen molar-refractivity contribution in [1.29, 1.82) is 0 Å². The van der Waals surface area contributed by atoms with Crippen LogP contribution in [0.15, 0.2) is 253 Å². The van der Waals surface area contributed by atoms with Crippen LogP contribution in [0, 0.1) is 0 Å². The van der Waals surface area contributed by atoms with Gasteiger partial charge in [0.05, 0.1) is 11.4 Å². The first-order chi connectivity index (χ1) is 35.1. The molecule has 332 valence electrons. The molecular weight excluding hydrogens is 867 g/mol. The lowest BCUT2D eigenvalue weighted by molar-refractivity contribution is 0.673. The SMILES string of the molecule is c1ccc(-c2ccc(-c3cc(-c4cccc(-c5cccc(-c6nc(-c7ccccc7)nc(-c7ccc8c(c7)oc7c9ccccc9ccc87)n6)c5)c4)nc(-c4ccc(-c5ccccc5)cc4)n3)cc2)cc1. The van der Waals surface area contributed by atoms with Crippen LogP contribution in [-0.4, -0.2) is 24.9 Å². The largest absolute Gasteiger partial charge is 0.455 e. The van der Waals surface area contributed by atoms with E-state index in [1.165, 1.54) is 5.56 Å². The molecule has 0 fully saturated rings. The van der Waals surface area contributed by atoms with Crippen molar-refractivity contribution in [3.8, 4) is 101 Å². The zero-order valence-electron chi connectivity index (χ0n) is 38.3. The Morgan fingerprint density at radius 3 is 1.28 bits per heavy atom. The van der Waals surface area contributed by atoms with Gasteiger partial charge in [-0.25, -0.2) is 24.9 Å². The second-order valence-corrected chi connectivity index (χ2v) is 17.7. The van der Waals surface area contributed by atoms with Gasteiger partial charge in [0.25, 0.3) is 0 Å². The lowest BCUT2D eigenvalue weighted by Crippen LogP contribution is -2.00. The van der Waals surface area contributed by atoms with E-state index in [0.29, 0.717) is 23.3 Å². The number of furan rings is 1. The van der Waals surface area contributed by atoms with Gasteiger partial charge in [-0.15, -0.1) is 0 Å². The maximum atomic E-state index is 6.58. The highest BCUT2D eigenvalue weighted by molar-refractivity contribution is 6.15. The summed E-state index contributed by atoms with van der Waals surface area (Å²) in [4.78, 5) is 25.7. The van der Waals surface area contributed by atoms with Crippen molar-refractivity contribution in [3.63, 3.8) is 0 Å². The molecule has 0 aliphatic heterocycles. The molecule has 0 aliphatic carbocycles. The minimum Gasteiger partial charge on any atom is -0.455 e. The molecule has 3 heterocycles. The Balaban J connectivity index is 0.880. The van der Waals surface area contributed by atoms with Crippen molar-refractivity contribution in [1.82, 2.24) is 24.9 Å². The average Bonchev–Trinajstić information content (AvgIpc) is 3.85. The Morgan fingerprint density at radius 1 is 0.225 bits per heavy atom. The van der Waals surface area contributed by atoms with Crippen LogP contribution in [0.5, 0.6) is 0 Å². The molecule has 0 spiro atoms. The van der Waals surface area contributed by atoms with E-state index in [0.717, 1.165) is 105 Å². The molecule has 0 saturated carbocycles. The third-order valence-corrected chi connectivity index (χ3v) is 13.2. The molecule has 0 bridgehead atoms. The number of aromatic nitrogens is 5. The zero-order valence-corrected chi connectivity index (χ0v) is 38.3. The summed E-state index contributed by atoms with van der Waals surface area (Å²) in [5, 5.41) is 4.35. The zero-order chi connectivity index (χ0) is 47.1. The topological polar surface area (TPSA) is 77.6 Å². The number of benzene rings is 10. The Labute approximate surface area is 410 Å². The van der Waals surface area contributed by atoms with E-state index in [1.54, 1.807) is 0 Å². The summed E-state index contributed by atoms with van der Waals surface area (Å²) >= 11 is 0. The van der Waals surface area contributed by atoms with Crippen LogP contribution in [0.1, 0.15) is 0 Å². The summed E-state index contributed by atoms with van der Waals surface area (Å²) in [5.41, 5.74) is 15.5. The maximum Gasteiger partial charge on any atom is 0.164 e. The number of nitrogens with zero attached hydrogens (tertiary/aromatic N) is 5. The Morgan fingerprint density at radius 2 is 0.634 bits per heavy atom. The van der Waals surface area contributed by atoms with E-state index in [1.807, 2.05) is 54.6 Å². The quantitative estimate of drug-likeness (QED) is 0.144. The number of rotatable bonds is 9. The van der Waals surface area contributed by atoms with Crippen molar-refractivity contribution >= 4 is 32.7 Å². The van der Waals surface area contributed by atoms with Crippen LogP contribution >= 0.6 is 0 Å². The van der Waals surface area contributed by atoms with Gasteiger partial charge in [-0.05, 0) is 75.2 Å². The molecule has 10 aromatic carbocycles. The molecule has 0 atom stereocenters. The molecule has 0 radical (unpaired) electrons. The first-order valence-corrected chi connectivity index (χ1v) is 23.7. The van der Waals surface area contributed by atoms with Crippen molar-refractivity contribution in [3.05, 3.63) is 249 Å². The van der Waals surface area contributed by atoms with Crippen molar-refractivity contribution in [2.24, 2.45) is 0 Å². The van der Waals surface area contributed by atoms with E-state index in [-0.39, 0.29) is 0 Å². The Kier molecular flexibility index (Phi) is 10.4. The summed E-state index contributed by atoms with van der Waals surface area (Å²) in [6, 6.07) is 85.9. The van der Waals surface area contributed by atoms with E-state index in [9.17, 15) is 0 Å². The molecule has 6 heteroatoms. The predicted octanol–water partition coefficient (Wildman–Crippen LogP) is 16.7. The summed E-state index contributed by atoms with van der Waals surface area (Å²) in [6.07, 6.45) is 0. The highest BCUT2D eigenvalue weighted by Crippen LogP contribution is 2.38. The van der Waals surface area contributed by atoms with Gasteiger partial charge in [-0.1, -0.05) is 212 Å². The van der Waals surface area contributed by atoms with E-state index in [2.05, 4.69) is 194 Å². The summed E-state index contributed by atoms with van der Waals surface area (Å²) in [6.45, 7) is 0. The van der Waals surface area contributed by atoms with Crippen molar-refractivity contribution in [2.45, 2.75) is 0 Å². The minimum atomic E-state index is 0.563. The summed E-state index contributed by atoms with van der Waals surface area (Å²) in [5.74, 6) is 2.38. The van der Waals surface area contributed by atoms with Gasteiger partial charge in [0.2, 0.25) is 0 Å². The molecule has 71 heavy (non-hydrogen) atoms. The molecule has 0 saturated heterocycles. The molecule has 3 aromatic heterocycles. The molecule has 6 nitrogen and oxygen atoms in total. The van der Waals surface area contributed by atoms with E-state index >= 15 is 0 Å². The van der Waals surface area contributed by atoms with Crippen LogP contribution in [0.3, 0.4) is 0 Å². The highest BCUT2D eigenvalue weighted by Gasteiger charge is 2.18. The van der Waals surface area contributed by atoms with E-state index in [4.69, 9.17) is 29.3 Å². The van der Waals surface area contributed by atoms with Gasteiger partial charge in [0.1, 0.15) is 11.2 Å². The first kappa shape index (κ1) is 41.5. The molecule has 0 N–H and O–H groups in total. The number of hydrogen-bond donors (Lipinski definition) is 0. The van der Waals surface area contributed by atoms with Gasteiger partial charge in [0.15, 0.2) is 23.3 Å². The number of hydrogen-bond acceptors (Lipinski definition) is 6. The van der Waals surface area contributed by atoms with Gasteiger partial charge >= 0.3 is 0 Å². The fourth-order valence-corrected chi connectivity index (χ4v) is 9.47. The standard InChI is InChI=1S/C65H41N5O/c1-4-14-42(15-5-1)44-26-30-47(31-27-44)58-41-59(67-62(66-58)49-32-28-45(29-33-49)43-16-6-2-7-17-43)52-23-12-21-50(38-52)51-22-13-24-53(39-51)64-68-63(48-19-8-3-9-20-48)69-65(70-64)54-35-36-56-57-37-34-46-18-10-11-25-55(46)61(57)71-60(56)40-54/h1-41H. The third kappa shape index (κ3) is 8.09. The van der Waals surface area contributed by atoms with Crippen LogP contribution in [0.25, 0.3) is 134 Å². The smallest absolute Gasteiger partial charge is 0.164 e. The van der Waals surface area contributed by atoms with Crippen LogP contribution in [0.4, 0.5) is 0 Å². The number of fused-ring (bicyclic) bond motifs is 5. The molecule has 13 rings (SSSR count). The highest BCUT2D eigenvalue weighted by atomic mass is 16.3. The van der Waals surface area contributed by atoms with Crippen molar-refractivity contribution < 1.29 is 4.42 Å². The Bertz CT molecular complexity index is 3980. The predicted molar refractivity (Wildman–Crippen MR) is 289 cm³/mol. The fraction of sp³-hybridized carbons (Fsp3) is 0. The summed E-state index contributed by atoms with van der Waals surface area (Å²) in [7, 11) is 0. The maximum absolute atomic E-state index is 6.58. The molecular formula is C65H41N5O. The van der Waals surface area contributed by atoms with E-state index < -0.39 is 0 Å². The first-order valence-electron chi connectivity index (χ1n) is 23.7. The molecule has 0 aliphatic rings. The third-order valence-electron chi connectivity index (χ3n) is 13.2. The van der Waals surface area contributed by atoms with Gasteiger partial charge < -0.3 is 4.42 Å². The lowest BCUT2D eigenvalue weighted by atomic mass is 9.98. The average molecular weight is 908 g/mol. The van der Waals surface area contributed by atoms with Gasteiger partial charge in [-0.3, -0.25) is 0 Å². The van der Waals surface area contributed by atoms with Crippen LogP contribution in [0.2, 0.25) is 0 Å². The normalized spacial score (nSPS) is 11.4. The van der Waals surface area contributed by atoms with Crippen molar-refractivity contribution in [2.75, 3.05) is 0 Å². The lowest BCUT2D eigenvalue weighted by Gasteiger charge is -2.12. The van der Waals surface area contributed by atoms with Gasteiger partial charge in [-0.2, -0.15) is 0 Å². The fourth-order valence-electron chi connectivity index (χ4n) is 9.47. The second-order valence-electron chi connectivity index (χ2n) is 17.7. The molecule has 0 amide bonds. The van der Waals surface area contributed by atoms with Crippen LogP contribution in [-0.2, 0) is 0 Å². The monoisotopic (exact) mass is 907 g/mol. The van der Waals surface area contributed by atoms with Gasteiger partial charge in [0, 0.05) is 49.5 Å².